The van der Waals surface area contributed by atoms with Crippen LogP contribution in [0, 0.1) is 0 Å². The number of para-hydroxylation sites is 1. The van der Waals surface area contributed by atoms with Crippen molar-refractivity contribution in [2.75, 3.05) is 6.61 Å². The molecule has 0 saturated carbocycles. The van der Waals surface area contributed by atoms with Gasteiger partial charge in [0.1, 0.15) is 5.75 Å². The van der Waals surface area contributed by atoms with E-state index in [1.807, 2.05) is 0 Å². The van der Waals surface area contributed by atoms with E-state index in [4.69, 9.17) is 0 Å². The number of phenolic OH excluding ortho intramolecular Hbond substituents is 1. The van der Waals surface area contributed by atoms with Gasteiger partial charge in [-0.2, -0.15) is 0 Å². The molecule has 2 atom stereocenters. The minimum atomic E-state index is -2.00. The van der Waals surface area contributed by atoms with Gasteiger partial charge in [-0.3, -0.25) is 4.79 Å². The maximum atomic E-state index is 14.3. The Balaban J connectivity index is 3.00. The SMILES string of the molecule is CCOC(=O)C(OC(C)=O)C(F)c1ccccc1O. The molecule has 19 heavy (non-hydrogen) atoms. The minimum absolute atomic E-state index is 0.0318. The maximum Gasteiger partial charge on any atom is 0.350 e. The zero-order valence-electron chi connectivity index (χ0n) is 10.6. The second-order valence-corrected chi connectivity index (χ2v) is 3.74. The van der Waals surface area contributed by atoms with Crippen molar-refractivity contribution in [2.24, 2.45) is 0 Å². The summed E-state index contributed by atoms with van der Waals surface area (Å²) in [7, 11) is 0. The summed E-state index contributed by atoms with van der Waals surface area (Å²) in [4.78, 5) is 22.5. The Morgan fingerprint density at radius 3 is 2.53 bits per heavy atom. The predicted molar refractivity (Wildman–Crippen MR) is 64.1 cm³/mol. The van der Waals surface area contributed by atoms with Crippen LogP contribution in [-0.2, 0) is 19.1 Å². The zero-order chi connectivity index (χ0) is 14.4. The number of benzene rings is 1. The lowest BCUT2D eigenvalue weighted by Gasteiger charge is -2.20. The third-order valence-electron chi connectivity index (χ3n) is 2.31. The third kappa shape index (κ3) is 3.94. The average molecular weight is 270 g/mol. The Morgan fingerprint density at radius 1 is 1.37 bits per heavy atom. The van der Waals surface area contributed by atoms with E-state index in [1.165, 1.54) is 24.3 Å². The summed E-state index contributed by atoms with van der Waals surface area (Å²) in [5.74, 6) is -2.12. The van der Waals surface area contributed by atoms with Crippen molar-refractivity contribution in [1.29, 1.82) is 0 Å². The molecule has 5 nitrogen and oxygen atoms in total. The Bertz CT molecular complexity index is 460. The van der Waals surface area contributed by atoms with E-state index in [1.54, 1.807) is 6.92 Å². The van der Waals surface area contributed by atoms with Gasteiger partial charge in [0.25, 0.3) is 0 Å². The lowest BCUT2D eigenvalue weighted by Crippen LogP contribution is -2.32. The summed E-state index contributed by atoms with van der Waals surface area (Å²) in [5, 5.41) is 9.54. The van der Waals surface area contributed by atoms with E-state index < -0.39 is 24.2 Å². The van der Waals surface area contributed by atoms with E-state index in [2.05, 4.69) is 9.47 Å². The van der Waals surface area contributed by atoms with Gasteiger partial charge in [0.15, 0.2) is 6.17 Å². The number of halogens is 1. The van der Waals surface area contributed by atoms with Crippen LogP contribution in [0.1, 0.15) is 25.6 Å². The van der Waals surface area contributed by atoms with Gasteiger partial charge in [-0.15, -0.1) is 0 Å². The van der Waals surface area contributed by atoms with E-state index in [-0.39, 0.29) is 17.9 Å². The van der Waals surface area contributed by atoms with Crippen LogP contribution in [-0.4, -0.2) is 29.8 Å². The molecule has 6 heteroatoms. The predicted octanol–water partition coefficient (Wildman–Crippen LogP) is 1.90. The van der Waals surface area contributed by atoms with E-state index in [0.717, 1.165) is 6.92 Å². The quantitative estimate of drug-likeness (QED) is 0.827. The number of alkyl halides is 1. The number of ether oxygens (including phenoxy) is 2. The summed E-state index contributed by atoms with van der Waals surface area (Å²) >= 11 is 0. The molecule has 0 amide bonds. The van der Waals surface area contributed by atoms with Crippen LogP contribution < -0.4 is 0 Å². The minimum Gasteiger partial charge on any atom is -0.508 e. The second-order valence-electron chi connectivity index (χ2n) is 3.74. The normalized spacial score (nSPS) is 13.4. The molecule has 0 aliphatic heterocycles. The van der Waals surface area contributed by atoms with Crippen molar-refractivity contribution < 1.29 is 28.6 Å². The molecule has 0 aliphatic rings. The van der Waals surface area contributed by atoms with Crippen molar-refractivity contribution in [3.05, 3.63) is 29.8 Å². The van der Waals surface area contributed by atoms with Crippen LogP contribution in [0.15, 0.2) is 24.3 Å². The monoisotopic (exact) mass is 270 g/mol. The molecule has 1 rings (SSSR count). The van der Waals surface area contributed by atoms with Crippen molar-refractivity contribution in [1.82, 2.24) is 0 Å². The molecule has 0 radical (unpaired) electrons. The molecule has 0 bridgehead atoms. The van der Waals surface area contributed by atoms with E-state index >= 15 is 0 Å². The highest BCUT2D eigenvalue weighted by molar-refractivity contribution is 5.79. The van der Waals surface area contributed by atoms with Gasteiger partial charge in [0.2, 0.25) is 6.10 Å². The second kappa shape index (κ2) is 6.72. The first kappa shape index (κ1) is 14.9. The summed E-state index contributed by atoms with van der Waals surface area (Å²) in [6.07, 6.45) is -3.73. The molecule has 2 unspecified atom stereocenters. The van der Waals surface area contributed by atoms with Gasteiger partial charge in [-0.1, -0.05) is 18.2 Å². The fourth-order valence-corrected chi connectivity index (χ4v) is 1.51. The Hall–Kier alpha value is -2.11. The molecule has 1 aromatic carbocycles. The van der Waals surface area contributed by atoms with Crippen LogP contribution in [0.5, 0.6) is 5.75 Å². The van der Waals surface area contributed by atoms with Crippen LogP contribution in [0.2, 0.25) is 0 Å². The lowest BCUT2D eigenvalue weighted by atomic mass is 10.0. The van der Waals surface area contributed by atoms with Crippen molar-refractivity contribution in [2.45, 2.75) is 26.1 Å². The number of carbonyl (C=O) groups is 2. The summed E-state index contributed by atoms with van der Waals surface area (Å²) in [6.45, 7) is 2.64. The van der Waals surface area contributed by atoms with Crippen LogP contribution in [0.25, 0.3) is 0 Å². The molecular formula is C13H15FO5. The fraction of sp³-hybridized carbons (Fsp3) is 0.385. The molecule has 104 valence electrons. The Morgan fingerprint density at radius 2 is 2.00 bits per heavy atom. The van der Waals surface area contributed by atoms with Crippen molar-refractivity contribution in [3.63, 3.8) is 0 Å². The highest BCUT2D eigenvalue weighted by Gasteiger charge is 2.35. The first-order valence-corrected chi connectivity index (χ1v) is 5.73. The molecule has 0 fully saturated rings. The topological polar surface area (TPSA) is 72.8 Å². The van der Waals surface area contributed by atoms with Crippen LogP contribution >= 0.6 is 0 Å². The molecule has 0 aliphatic carbocycles. The van der Waals surface area contributed by atoms with E-state index in [9.17, 15) is 19.1 Å². The Kier molecular flexibility index (Phi) is 5.29. The number of rotatable bonds is 5. The lowest BCUT2D eigenvalue weighted by molar-refractivity contribution is -0.171. The molecule has 0 saturated heterocycles. The zero-order valence-corrected chi connectivity index (χ0v) is 10.6. The van der Waals surface area contributed by atoms with Crippen molar-refractivity contribution >= 4 is 11.9 Å². The van der Waals surface area contributed by atoms with Crippen LogP contribution in [0.3, 0.4) is 0 Å². The first-order chi connectivity index (χ1) is 8.97. The number of hydrogen-bond acceptors (Lipinski definition) is 5. The molecular weight excluding hydrogens is 255 g/mol. The third-order valence-corrected chi connectivity index (χ3v) is 2.31. The number of aromatic hydroxyl groups is 1. The van der Waals surface area contributed by atoms with Gasteiger partial charge in [-0.25, -0.2) is 9.18 Å². The Labute approximate surface area is 109 Å². The van der Waals surface area contributed by atoms with Gasteiger partial charge in [-0.05, 0) is 13.0 Å². The van der Waals surface area contributed by atoms with Crippen molar-refractivity contribution in [3.8, 4) is 5.75 Å². The smallest absolute Gasteiger partial charge is 0.350 e. The fourth-order valence-electron chi connectivity index (χ4n) is 1.51. The van der Waals surface area contributed by atoms with Gasteiger partial charge >= 0.3 is 11.9 Å². The average Bonchev–Trinajstić information content (AvgIpc) is 2.36. The molecule has 0 aromatic heterocycles. The number of esters is 2. The molecule has 1 N–H and O–H groups in total. The summed E-state index contributed by atoms with van der Waals surface area (Å²) < 4.78 is 23.5. The number of hydrogen-bond donors (Lipinski definition) is 1. The molecule has 0 spiro atoms. The highest BCUT2D eigenvalue weighted by atomic mass is 19.1. The molecule has 0 heterocycles. The van der Waals surface area contributed by atoms with Crippen LogP contribution in [0.4, 0.5) is 4.39 Å². The van der Waals surface area contributed by atoms with Gasteiger partial charge in [0, 0.05) is 12.5 Å². The summed E-state index contributed by atoms with van der Waals surface area (Å²) in [6, 6.07) is 5.59. The number of phenols is 1. The number of carbonyl (C=O) groups excluding carboxylic acids is 2. The van der Waals surface area contributed by atoms with Gasteiger partial charge < -0.3 is 14.6 Å². The molecule has 1 aromatic rings. The largest absolute Gasteiger partial charge is 0.508 e. The summed E-state index contributed by atoms with van der Waals surface area (Å²) in [5.41, 5.74) is -0.137. The first-order valence-electron chi connectivity index (χ1n) is 5.73. The standard InChI is InChI=1S/C13H15FO5/c1-3-18-13(17)12(19-8(2)15)11(14)9-6-4-5-7-10(9)16/h4-7,11-12,16H,3H2,1-2H3. The van der Waals surface area contributed by atoms with E-state index in [0.29, 0.717) is 0 Å². The maximum absolute atomic E-state index is 14.3. The highest BCUT2D eigenvalue weighted by Crippen LogP contribution is 2.31. The van der Waals surface area contributed by atoms with Gasteiger partial charge in [0.05, 0.1) is 6.61 Å².